The minimum Gasteiger partial charge on any atom is -0.345 e. The number of amidine groups is 1. The van der Waals surface area contributed by atoms with Gasteiger partial charge >= 0.3 is 6.03 Å². The van der Waals surface area contributed by atoms with Crippen molar-refractivity contribution in [2.24, 2.45) is 4.99 Å². The van der Waals surface area contributed by atoms with Crippen LogP contribution in [0.1, 0.15) is 54.1 Å². The number of rotatable bonds is 4. The Labute approximate surface area is 198 Å². The van der Waals surface area contributed by atoms with Crippen LogP contribution in [0.2, 0.25) is 0 Å². The number of urea groups is 1. The molecule has 2 N–H and O–H groups in total. The summed E-state index contributed by atoms with van der Waals surface area (Å²) in [6, 6.07) is 22.4. The number of aromatic nitrogens is 2. The fraction of sp³-hybridized carbons (Fsp3) is 0.250. The van der Waals surface area contributed by atoms with Gasteiger partial charge in [0.05, 0.1) is 23.4 Å². The third kappa shape index (κ3) is 3.46. The van der Waals surface area contributed by atoms with Crippen LogP contribution >= 0.6 is 0 Å². The van der Waals surface area contributed by atoms with Crippen molar-refractivity contribution in [2.75, 3.05) is 4.90 Å². The highest BCUT2D eigenvalue weighted by molar-refractivity contribution is 6.17. The summed E-state index contributed by atoms with van der Waals surface area (Å²) in [6.07, 6.45) is 5.73. The number of anilines is 1. The molecule has 1 aromatic heterocycles. The second-order valence-electron chi connectivity index (χ2n) is 8.98. The number of amides is 2. The molecule has 2 unspecified atom stereocenters. The Morgan fingerprint density at radius 2 is 1.88 bits per heavy atom. The Bertz CT molecular complexity index is 1400. The van der Waals surface area contributed by atoms with E-state index in [9.17, 15) is 4.79 Å². The van der Waals surface area contributed by atoms with Crippen LogP contribution in [-0.4, -0.2) is 21.8 Å². The van der Waals surface area contributed by atoms with Crippen LogP contribution < -0.4 is 10.2 Å². The lowest BCUT2D eigenvalue weighted by Gasteiger charge is -2.27. The van der Waals surface area contributed by atoms with Crippen LogP contribution in [-0.2, 0) is 12.8 Å². The molecule has 6 rings (SSSR count). The normalized spacial score (nSPS) is 21.1. The molecule has 6 nitrogen and oxygen atoms in total. The molecule has 2 aliphatic rings. The number of nitrogens with one attached hydrogen (secondary N) is 2. The summed E-state index contributed by atoms with van der Waals surface area (Å²) in [6.45, 7) is 2.15. The monoisotopic (exact) mass is 449 g/mol. The highest BCUT2D eigenvalue weighted by Gasteiger charge is 2.40. The number of nitrogens with zero attached hydrogens (tertiary/aromatic N) is 3. The number of imidazole rings is 1. The summed E-state index contributed by atoms with van der Waals surface area (Å²) in [5.41, 5.74) is 7.56. The molecule has 3 aromatic carbocycles. The smallest absolute Gasteiger partial charge is 0.328 e. The Morgan fingerprint density at radius 3 is 2.76 bits per heavy atom. The Morgan fingerprint density at radius 1 is 1.06 bits per heavy atom. The summed E-state index contributed by atoms with van der Waals surface area (Å²) in [7, 11) is 0. The molecule has 1 fully saturated rings. The Hall–Kier alpha value is -3.93. The van der Waals surface area contributed by atoms with Crippen molar-refractivity contribution < 1.29 is 4.79 Å². The second-order valence-corrected chi connectivity index (χ2v) is 8.98. The van der Waals surface area contributed by atoms with Gasteiger partial charge in [0.25, 0.3) is 0 Å². The average Bonchev–Trinajstić information content (AvgIpc) is 3.47. The van der Waals surface area contributed by atoms with E-state index < -0.39 is 0 Å². The molecule has 0 radical (unpaired) electrons. The number of benzene rings is 3. The van der Waals surface area contributed by atoms with Crippen molar-refractivity contribution in [1.29, 1.82) is 0 Å². The van der Waals surface area contributed by atoms with E-state index in [-0.39, 0.29) is 18.1 Å². The molecule has 34 heavy (non-hydrogen) atoms. The SMILES string of the molecule is CCc1ccccc1C1C(=NC2CCCc3ccccc32)NC(=O)N1c1ccc2nc[nH]c2c1. The van der Waals surface area contributed by atoms with Gasteiger partial charge in [0.1, 0.15) is 11.9 Å². The maximum Gasteiger partial charge on any atom is 0.328 e. The van der Waals surface area contributed by atoms with Crippen molar-refractivity contribution in [2.45, 2.75) is 44.7 Å². The van der Waals surface area contributed by atoms with Crippen molar-refractivity contribution in [3.8, 4) is 0 Å². The molecule has 0 spiro atoms. The molecular formula is C28H27N5O. The number of aromatic amines is 1. The summed E-state index contributed by atoms with van der Waals surface area (Å²) in [4.78, 5) is 28.0. The summed E-state index contributed by atoms with van der Waals surface area (Å²) in [5.74, 6) is 0.720. The standard InChI is InChI=1S/C28H27N5O/c1-2-18-8-3-6-12-22(18)26-27(31-23-13-7-10-19-9-4-5-11-21(19)23)32-28(34)33(26)20-14-15-24-25(16-20)30-17-29-24/h3-6,8-9,11-12,14-17,23,26H,2,7,10,13H2,1H3,(H,29,30)(H,31,32,34). The molecule has 2 amide bonds. The molecule has 0 bridgehead atoms. The average molecular weight is 450 g/mol. The molecule has 2 heterocycles. The lowest BCUT2D eigenvalue weighted by Crippen LogP contribution is -2.30. The van der Waals surface area contributed by atoms with Gasteiger partial charge in [-0.05, 0) is 66.1 Å². The largest absolute Gasteiger partial charge is 0.345 e. The van der Waals surface area contributed by atoms with Crippen LogP contribution in [0, 0.1) is 0 Å². The molecule has 1 aliphatic heterocycles. The van der Waals surface area contributed by atoms with Crippen LogP contribution in [0.25, 0.3) is 11.0 Å². The van der Waals surface area contributed by atoms with Gasteiger partial charge in [-0.1, -0.05) is 55.5 Å². The van der Waals surface area contributed by atoms with E-state index in [1.165, 1.54) is 16.7 Å². The lowest BCUT2D eigenvalue weighted by molar-refractivity contribution is 0.252. The van der Waals surface area contributed by atoms with E-state index in [1.807, 2.05) is 29.2 Å². The van der Waals surface area contributed by atoms with Crippen molar-refractivity contribution in [1.82, 2.24) is 15.3 Å². The minimum atomic E-state index is -0.307. The number of aryl methyl sites for hydroxylation is 2. The van der Waals surface area contributed by atoms with Crippen molar-refractivity contribution in [3.63, 3.8) is 0 Å². The summed E-state index contributed by atoms with van der Waals surface area (Å²) < 4.78 is 0. The molecule has 0 saturated carbocycles. The number of hydrogen-bond donors (Lipinski definition) is 2. The molecule has 4 aromatic rings. The molecule has 6 heteroatoms. The molecule has 1 saturated heterocycles. The van der Waals surface area contributed by atoms with Gasteiger partial charge in [-0.3, -0.25) is 15.2 Å². The number of carbonyl (C=O) groups excluding carboxylic acids is 1. The summed E-state index contributed by atoms with van der Waals surface area (Å²) in [5, 5.41) is 3.13. The quantitative estimate of drug-likeness (QED) is 0.409. The van der Waals surface area contributed by atoms with E-state index >= 15 is 0 Å². The fourth-order valence-corrected chi connectivity index (χ4v) is 5.36. The van der Waals surface area contributed by atoms with Crippen LogP contribution in [0.15, 0.2) is 78.0 Å². The topological polar surface area (TPSA) is 73.4 Å². The molecular weight excluding hydrogens is 422 g/mol. The van der Waals surface area contributed by atoms with E-state index in [0.29, 0.717) is 0 Å². The zero-order valence-corrected chi connectivity index (χ0v) is 19.2. The van der Waals surface area contributed by atoms with Crippen LogP contribution in [0.4, 0.5) is 10.5 Å². The number of hydrogen-bond acceptors (Lipinski definition) is 3. The number of carbonyl (C=O) groups is 1. The van der Waals surface area contributed by atoms with Crippen molar-refractivity contribution >= 4 is 28.6 Å². The first kappa shape index (κ1) is 20.7. The molecule has 1 aliphatic carbocycles. The van der Waals surface area contributed by atoms with E-state index in [4.69, 9.17) is 4.99 Å². The highest BCUT2D eigenvalue weighted by atomic mass is 16.2. The second kappa shape index (κ2) is 8.45. The van der Waals surface area contributed by atoms with Gasteiger partial charge in [0.15, 0.2) is 0 Å². The maximum atomic E-state index is 13.4. The predicted octanol–water partition coefficient (Wildman–Crippen LogP) is 5.87. The number of fused-ring (bicyclic) bond motifs is 2. The Balaban J connectivity index is 1.49. The lowest BCUT2D eigenvalue weighted by atomic mass is 9.88. The van der Waals surface area contributed by atoms with E-state index in [2.05, 4.69) is 64.7 Å². The molecule has 2 atom stereocenters. The van der Waals surface area contributed by atoms with E-state index in [0.717, 1.165) is 53.8 Å². The van der Waals surface area contributed by atoms with Gasteiger partial charge in [-0.25, -0.2) is 9.78 Å². The van der Waals surface area contributed by atoms with Crippen LogP contribution in [0.5, 0.6) is 0 Å². The third-order valence-electron chi connectivity index (χ3n) is 7.02. The minimum absolute atomic E-state index is 0.0478. The maximum absolute atomic E-state index is 13.4. The first-order valence-electron chi connectivity index (χ1n) is 12.0. The van der Waals surface area contributed by atoms with Gasteiger partial charge in [0, 0.05) is 5.69 Å². The van der Waals surface area contributed by atoms with Crippen molar-refractivity contribution in [3.05, 3.63) is 95.3 Å². The van der Waals surface area contributed by atoms with Gasteiger partial charge in [-0.15, -0.1) is 0 Å². The third-order valence-corrected chi connectivity index (χ3v) is 7.02. The van der Waals surface area contributed by atoms with E-state index in [1.54, 1.807) is 6.33 Å². The fourth-order valence-electron chi connectivity index (χ4n) is 5.36. The van der Waals surface area contributed by atoms with Gasteiger partial charge in [0.2, 0.25) is 0 Å². The zero-order valence-electron chi connectivity index (χ0n) is 19.2. The first-order valence-corrected chi connectivity index (χ1v) is 12.0. The summed E-state index contributed by atoms with van der Waals surface area (Å²) >= 11 is 0. The van der Waals surface area contributed by atoms with Crippen LogP contribution in [0.3, 0.4) is 0 Å². The number of aliphatic imine (C=N–C) groups is 1. The van der Waals surface area contributed by atoms with Gasteiger partial charge in [-0.2, -0.15) is 0 Å². The number of H-pyrrole nitrogens is 1. The first-order chi connectivity index (χ1) is 16.7. The highest BCUT2D eigenvalue weighted by Crippen LogP contribution is 2.38. The predicted molar refractivity (Wildman–Crippen MR) is 135 cm³/mol. The Kier molecular flexibility index (Phi) is 5.13. The zero-order chi connectivity index (χ0) is 23.1. The van der Waals surface area contributed by atoms with Gasteiger partial charge < -0.3 is 4.98 Å². The molecule has 170 valence electrons.